The van der Waals surface area contributed by atoms with Crippen LogP contribution in [0, 0.1) is 18.7 Å². The van der Waals surface area contributed by atoms with E-state index in [0.717, 1.165) is 10.6 Å². The van der Waals surface area contributed by atoms with Crippen molar-refractivity contribution >= 4 is 22.4 Å². The minimum atomic E-state index is -4.15. The summed E-state index contributed by atoms with van der Waals surface area (Å²) < 4.78 is 58.2. The van der Waals surface area contributed by atoms with Crippen molar-refractivity contribution in [1.29, 1.82) is 0 Å². The monoisotopic (exact) mass is 445 g/mol. The molecule has 0 spiro atoms. The van der Waals surface area contributed by atoms with Crippen molar-refractivity contribution < 1.29 is 32.2 Å². The first kappa shape index (κ1) is 22.3. The first-order valence-corrected chi connectivity index (χ1v) is 10.3. The van der Waals surface area contributed by atoms with Crippen LogP contribution in [0.25, 0.3) is 0 Å². The van der Waals surface area contributed by atoms with Gasteiger partial charge >= 0.3 is 6.18 Å². The van der Waals surface area contributed by atoms with Crippen LogP contribution in [0.5, 0.6) is 5.75 Å². The van der Waals surface area contributed by atoms with E-state index in [1.807, 2.05) is 11.8 Å². The molecule has 164 valence electrons. The summed E-state index contributed by atoms with van der Waals surface area (Å²) in [7, 11) is 0. The number of thiazole rings is 1. The van der Waals surface area contributed by atoms with Crippen LogP contribution >= 0.6 is 11.3 Å². The molecule has 0 N–H and O–H groups in total. The number of aryl methyl sites for hydroxylation is 1. The van der Waals surface area contributed by atoms with Crippen molar-refractivity contribution in [2.45, 2.75) is 38.8 Å². The summed E-state index contributed by atoms with van der Waals surface area (Å²) in [6.45, 7) is 2.62. The molecule has 10 heteroatoms. The molecule has 5 nitrogen and oxygen atoms in total. The van der Waals surface area contributed by atoms with E-state index in [-0.39, 0.29) is 30.8 Å². The van der Waals surface area contributed by atoms with Gasteiger partial charge in [-0.15, -0.1) is 11.3 Å². The molecule has 0 radical (unpaired) electrons. The lowest BCUT2D eigenvalue weighted by Gasteiger charge is -2.32. The smallest absolute Gasteiger partial charge is 0.391 e. The minimum absolute atomic E-state index is 0.0121. The van der Waals surface area contributed by atoms with E-state index in [0.29, 0.717) is 24.6 Å². The summed E-state index contributed by atoms with van der Waals surface area (Å²) in [5.41, 5.74) is 0.737. The Labute approximate surface area is 175 Å². The molecule has 0 amide bonds. The molecule has 0 saturated carbocycles. The summed E-state index contributed by atoms with van der Waals surface area (Å²) >= 11 is 1.42. The maximum absolute atomic E-state index is 14.3. The molecule has 1 aromatic carbocycles. The maximum atomic E-state index is 14.3. The first-order chi connectivity index (χ1) is 14.1. The van der Waals surface area contributed by atoms with Crippen LogP contribution in [0.2, 0.25) is 0 Å². The Bertz CT molecular complexity index is 893. The number of nitrogens with zero attached hydrogens (tertiary/aromatic N) is 2. The van der Waals surface area contributed by atoms with E-state index in [9.17, 15) is 27.5 Å². The van der Waals surface area contributed by atoms with Crippen LogP contribution in [0.15, 0.2) is 18.2 Å². The molecule has 1 aliphatic rings. The topological polar surface area (TPSA) is 65.5 Å². The molecule has 0 bridgehead atoms. The van der Waals surface area contributed by atoms with Crippen LogP contribution in [0.1, 0.15) is 29.0 Å². The van der Waals surface area contributed by atoms with Gasteiger partial charge in [0.2, 0.25) is 0 Å². The molecule has 1 fully saturated rings. The van der Waals surface area contributed by atoms with Gasteiger partial charge < -0.3 is 19.5 Å². The average Bonchev–Trinajstić information content (AvgIpc) is 3.04. The van der Waals surface area contributed by atoms with E-state index >= 15 is 0 Å². The zero-order chi connectivity index (χ0) is 21.9. The van der Waals surface area contributed by atoms with E-state index in [1.165, 1.54) is 29.5 Å². The van der Waals surface area contributed by atoms with Gasteiger partial charge in [0, 0.05) is 36.8 Å². The lowest BCUT2D eigenvalue weighted by molar-refractivity contribution is -0.304. The Morgan fingerprint density at radius 3 is 2.67 bits per heavy atom. The Morgan fingerprint density at radius 2 is 2.03 bits per heavy atom. The number of ether oxygens (including phenoxy) is 1. The van der Waals surface area contributed by atoms with E-state index in [2.05, 4.69) is 4.98 Å². The van der Waals surface area contributed by atoms with Crippen LogP contribution in [0.4, 0.5) is 22.7 Å². The number of alkyl halides is 3. The van der Waals surface area contributed by atoms with Gasteiger partial charge in [-0.25, -0.2) is 9.37 Å². The van der Waals surface area contributed by atoms with Gasteiger partial charge in [0.15, 0.2) is 16.7 Å². The van der Waals surface area contributed by atoms with Crippen LogP contribution < -0.4 is 14.7 Å². The lowest BCUT2D eigenvalue weighted by Crippen LogP contribution is -2.38. The number of piperidine rings is 1. The number of aliphatic carboxylic acids is 1. The van der Waals surface area contributed by atoms with Crippen molar-refractivity contribution in [2.75, 3.05) is 24.6 Å². The number of aromatic nitrogens is 1. The van der Waals surface area contributed by atoms with Crippen molar-refractivity contribution in [3.63, 3.8) is 0 Å². The Morgan fingerprint density at radius 1 is 1.33 bits per heavy atom. The van der Waals surface area contributed by atoms with Gasteiger partial charge in [0.1, 0.15) is 0 Å². The summed E-state index contributed by atoms with van der Waals surface area (Å²) in [6, 6.07) is 4.28. The third-order valence-corrected chi connectivity index (χ3v) is 6.16. The molecule has 0 aliphatic carbocycles. The standard InChI is InChI=1S/C20H22F4N2O3S/c1-12-15(7-10-29-16-4-2-3-13(18(16)21)11-17(27)28)25-19(30-12)26-8-5-14(6-9-26)20(22,23)24/h2-4,14H,5-11H2,1H3,(H,27,28)/p-1. The second kappa shape index (κ2) is 9.20. The highest BCUT2D eigenvalue weighted by molar-refractivity contribution is 7.15. The van der Waals surface area contributed by atoms with Gasteiger partial charge in [-0.1, -0.05) is 12.1 Å². The average molecular weight is 445 g/mol. The zero-order valence-corrected chi connectivity index (χ0v) is 17.1. The van der Waals surface area contributed by atoms with Crippen molar-refractivity contribution in [1.82, 2.24) is 4.98 Å². The highest BCUT2D eigenvalue weighted by atomic mass is 32.1. The summed E-state index contributed by atoms with van der Waals surface area (Å²) in [5, 5.41) is 11.4. The third-order valence-electron chi connectivity index (χ3n) is 5.08. The Balaban J connectivity index is 1.57. The fraction of sp³-hybridized carbons (Fsp3) is 0.500. The van der Waals surface area contributed by atoms with Gasteiger partial charge in [-0.3, -0.25) is 0 Å². The fourth-order valence-corrected chi connectivity index (χ4v) is 4.40. The molecule has 0 unspecified atom stereocenters. The summed E-state index contributed by atoms with van der Waals surface area (Å²) in [4.78, 5) is 18.0. The van der Waals surface area contributed by atoms with Crippen LogP contribution in [-0.4, -0.2) is 36.8 Å². The Kier molecular flexibility index (Phi) is 6.84. The van der Waals surface area contributed by atoms with Crippen molar-refractivity contribution in [3.05, 3.63) is 40.2 Å². The third kappa shape index (κ3) is 5.41. The highest BCUT2D eigenvalue weighted by Crippen LogP contribution is 2.36. The molecular formula is C20H21F4N2O3S-. The molecule has 1 aliphatic heterocycles. The molecule has 1 saturated heterocycles. The summed E-state index contributed by atoms with van der Waals surface area (Å²) in [5.74, 6) is -3.41. The van der Waals surface area contributed by atoms with Gasteiger partial charge in [-0.05, 0) is 31.4 Å². The minimum Gasteiger partial charge on any atom is -0.550 e. The molecule has 1 aromatic heterocycles. The van der Waals surface area contributed by atoms with E-state index in [4.69, 9.17) is 4.74 Å². The molecule has 2 heterocycles. The predicted octanol–water partition coefficient (Wildman–Crippen LogP) is 3.28. The fourth-order valence-electron chi connectivity index (χ4n) is 3.40. The van der Waals surface area contributed by atoms with Gasteiger partial charge in [0.25, 0.3) is 0 Å². The number of hydrogen-bond donors (Lipinski definition) is 0. The summed E-state index contributed by atoms with van der Waals surface area (Å²) in [6.07, 6.45) is -4.18. The van der Waals surface area contributed by atoms with E-state index in [1.54, 1.807) is 0 Å². The number of carboxylic acids is 1. The second-order valence-corrected chi connectivity index (χ2v) is 8.36. The van der Waals surface area contributed by atoms with Crippen molar-refractivity contribution in [2.24, 2.45) is 5.92 Å². The lowest BCUT2D eigenvalue weighted by atomic mass is 9.97. The highest BCUT2D eigenvalue weighted by Gasteiger charge is 2.41. The van der Waals surface area contributed by atoms with Crippen molar-refractivity contribution in [3.8, 4) is 5.75 Å². The Hall–Kier alpha value is -2.36. The number of rotatable bonds is 7. The number of benzene rings is 1. The zero-order valence-electron chi connectivity index (χ0n) is 16.3. The van der Waals surface area contributed by atoms with Crippen LogP contribution in [-0.2, 0) is 17.6 Å². The normalized spacial score (nSPS) is 15.4. The number of hydrogen-bond acceptors (Lipinski definition) is 6. The SMILES string of the molecule is Cc1sc(N2CCC(C(F)(F)F)CC2)nc1CCOc1cccc(CC(=O)[O-])c1F. The number of carbonyl (C=O) groups is 1. The molecule has 2 aromatic rings. The first-order valence-electron chi connectivity index (χ1n) is 9.53. The number of carbonyl (C=O) groups excluding carboxylic acids is 1. The number of carboxylic acid groups (broad SMARTS) is 1. The molecular weight excluding hydrogens is 424 g/mol. The number of halogens is 4. The molecule has 3 rings (SSSR count). The quantitative estimate of drug-likeness (QED) is 0.612. The van der Waals surface area contributed by atoms with Gasteiger partial charge in [-0.2, -0.15) is 13.2 Å². The number of anilines is 1. The van der Waals surface area contributed by atoms with Crippen LogP contribution in [0.3, 0.4) is 0 Å². The predicted molar refractivity (Wildman–Crippen MR) is 102 cm³/mol. The van der Waals surface area contributed by atoms with E-state index < -0.39 is 30.3 Å². The largest absolute Gasteiger partial charge is 0.550 e. The maximum Gasteiger partial charge on any atom is 0.391 e. The molecule has 0 atom stereocenters. The van der Waals surface area contributed by atoms with Gasteiger partial charge in [0.05, 0.1) is 18.2 Å². The second-order valence-electron chi connectivity index (χ2n) is 7.18. The molecule has 30 heavy (non-hydrogen) atoms.